The second-order valence-electron chi connectivity index (χ2n) is 5.20. The number of thiazole rings is 1. The van der Waals surface area contributed by atoms with Gasteiger partial charge in [-0.1, -0.05) is 12.1 Å². The summed E-state index contributed by atoms with van der Waals surface area (Å²) in [5, 5.41) is 8.40. The van der Waals surface area contributed by atoms with Gasteiger partial charge in [-0.25, -0.2) is 9.97 Å². The van der Waals surface area contributed by atoms with Gasteiger partial charge in [0.15, 0.2) is 0 Å². The summed E-state index contributed by atoms with van der Waals surface area (Å²) in [5.41, 5.74) is 10.6. The third kappa shape index (κ3) is 4.24. The molecule has 0 bridgehead atoms. The first-order valence-electron chi connectivity index (χ1n) is 7.29. The van der Waals surface area contributed by atoms with E-state index in [9.17, 15) is 0 Å². The Labute approximate surface area is 138 Å². The Balaban J connectivity index is 1.68. The fraction of sp³-hybridized carbons (Fsp3) is 0.188. The maximum Gasteiger partial charge on any atom is 0.224 e. The molecule has 0 aliphatic rings. The number of rotatable bonds is 6. The predicted octanol–water partition coefficient (Wildman–Crippen LogP) is 3.10. The number of nitrogens with two attached hydrogens (primary N) is 1. The highest BCUT2D eigenvalue weighted by atomic mass is 32.1. The first-order valence-corrected chi connectivity index (χ1v) is 8.23. The first-order chi connectivity index (χ1) is 11.2. The molecule has 0 aliphatic heterocycles. The molecular formula is C16H18N6S. The summed E-state index contributed by atoms with van der Waals surface area (Å²) in [6.45, 7) is 2.56. The highest BCUT2D eigenvalue weighted by Gasteiger charge is 2.03. The Kier molecular flexibility index (Phi) is 4.80. The van der Waals surface area contributed by atoms with Crippen LogP contribution >= 0.6 is 11.3 Å². The van der Waals surface area contributed by atoms with Crippen LogP contribution in [0, 0.1) is 0 Å². The van der Waals surface area contributed by atoms with E-state index in [1.165, 1.54) is 0 Å². The molecule has 3 aromatic rings. The summed E-state index contributed by atoms with van der Waals surface area (Å²) in [5.74, 6) is 1.29. The van der Waals surface area contributed by atoms with Gasteiger partial charge in [-0.3, -0.25) is 0 Å². The van der Waals surface area contributed by atoms with Crippen LogP contribution in [0.3, 0.4) is 0 Å². The van der Waals surface area contributed by atoms with Crippen molar-refractivity contribution in [3.63, 3.8) is 0 Å². The SMILES string of the molecule is CC(N)CNc1nccc(Nc2ccc(-c3cscn3)cc2)n1. The van der Waals surface area contributed by atoms with E-state index < -0.39 is 0 Å². The average molecular weight is 326 g/mol. The quantitative estimate of drug-likeness (QED) is 0.645. The number of nitrogens with one attached hydrogen (secondary N) is 2. The van der Waals surface area contributed by atoms with Crippen molar-refractivity contribution in [2.75, 3.05) is 17.2 Å². The molecule has 0 fully saturated rings. The van der Waals surface area contributed by atoms with Crippen molar-refractivity contribution in [2.24, 2.45) is 5.73 Å². The van der Waals surface area contributed by atoms with E-state index in [2.05, 4.69) is 25.6 Å². The van der Waals surface area contributed by atoms with Crippen LogP contribution in [-0.4, -0.2) is 27.5 Å². The van der Waals surface area contributed by atoms with E-state index in [1.807, 2.05) is 48.1 Å². The van der Waals surface area contributed by atoms with E-state index in [4.69, 9.17) is 5.73 Å². The minimum atomic E-state index is 0.0495. The Morgan fingerprint density at radius 2 is 2.00 bits per heavy atom. The Morgan fingerprint density at radius 1 is 1.17 bits per heavy atom. The fourth-order valence-electron chi connectivity index (χ4n) is 1.99. The van der Waals surface area contributed by atoms with E-state index >= 15 is 0 Å². The van der Waals surface area contributed by atoms with Crippen molar-refractivity contribution < 1.29 is 0 Å². The van der Waals surface area contributed by atoms with Crippen molar-refractivity contribution in [1.82, 2.24) is 15.0 Å². The molecule has 4 N–H and O–H groups in total. The van der Waals surface area contributed by atoms with Crippen LogP contribution in [0.2, 0.25) is 0 Å². The van der Waals surface area contributed by atoms with Gasteiger partial charge in [-0.05, 0) is 25.1 Å². The van der Waals surface area contributed by atoms with Gasteiger partial charge in [-0.2, -0.15) is 4.98 Å². The molecule has 0 saturated carbocycles. The minimum absolute atomic E-state index is 0.0495. The molecule has 0 radical (unpaired) electrons. The molecule has 0 aliphatic carbocycles. The van der Waals surface area contributed by atoms with Crippen LogP contribution in [0.5, 0.6) is 0 Å². The van der Waals surface area contributed by atoms with E-state index in [-0.39, 0.29) is 6.04 Å². The minimum Gasteiger partial charge on any atom is -0.353 e. The Hall–Kier alpha value is -2.51. The van der Waals surface area contributed by atoms with Crippen LogP contribution in [-0.2, 0) is 0 Å². The third-order valence-electron chi connectivity index (χ3n) is 3.12. The van der Waals surface area contributed by atoms with Crippen LogP contribution in [0.25, 0.3) is 11.3 Å². The van der Waals surface area contributed by atoms with Gasteiger partial charge in [-0.15, -0.1) is 11.3 Å². The van der Waals surface area contributed by atoms with Crippen LogP contribution in [0.15, 0.2) is 47.4 Å². The van der Waals surface area contributed by atoms with Gasteiger partial charge in [0.2, 0.25) is 5.95 Å². The predicted molar refractivity (Wildman–Crippen MR) is 95.0 cm³/mol. The molecule has 6 nitrogen and oxygen atoms in total. The van der Waals surface area contributed by atoms with E-state index in [1.54, 1.807) is 17.5 Å². The highest BCUT2D eigenvalue weighted by Crippen LogP contribution is 2.22. The highest BCUT2D eigenvalue weighted by molar-refractivity contribution is 7.07. The molecule has 1 unspecified atom stereocenters. The first kappa shape index (κ1) is 15.4. The maximum absolute atomic E-state index is 5.72. The molecule has 118 valence electrons. The Morgan fingerprint density at radius 3 is 2.70 bits per heavy atom. The number of aromatic nitrogens is 3. The van der Waals surface area contributed by atoms with Gasteiger partial charge in [0.05, 0.1) is 11.2 Å². The fourth-order valence-corrected chi connectivity index (χ4v) is 2.55. The third-order valence-corrected chi connectivity index (χ3v) is 3.71. The number of anilines is 3. The van der Waals surface area contributed by atoms with Crippen molar-refractivity contribution >= 4 is 28.8 Å². The van der Waals surface area contributed by atoms with Gasteiger partial charge < -0.3 is 16.4 Å². The standard InChI is InChI=1S/C16H18N6S/c1-11(17)8-19-16-18-7-6-15(22-16)21-13-4-2-12(3-5-13)14-9-23-10-20-14/h2-7,9-11H,8,17H2,1H3,(H2,18,19,21,22). The lowest BCUT2D eigenvalue weighted by Crippen LogP contribution is -2.25. The smallest absolute Gasteiger partial charge is 0.224 e. The molecule has 0 spiro atoms. The van der Waals surface area contributed by atoms with Gasteiger partial charge in [0, 0.05) is 35.4 Å². The van der Waals surface area contributed by atoms with Crippen LogP contribution in [0.1, 0.15) is 6.92 Å². The summed E-state index contributed by atoms with van der Waals surface area (Å²) >= 11 is 1.59. The van der Waals surface area contributed by atoms with Gasteiger partial charge in [0.1, 0.15) is 5.82 Å². The van der Waals surface area contributed by atoms with Crippen molar-refractivity contribution in [2.45, 2.75) is 13.0 Å². The largest absolute Gasteiger partial charge is 0.353 e. The molecule has 3 rings (SSSR count). The monoisotopic (exact) mass is 326 g/mol. The molecule has 2 aromatic heterocycles. The zero-order valence-corrected chi connectivity index (χ0v) is 13.5. The molecule has 0 saturated heterocycles. The van der Waals surface area contributed by atoms with Crippen LogP contribution < -0.4 is 16.4 Å². The van der Waals surface area contributed by atoms with E-state index in [0.717, 1.165) is 22.8 Å². The number of benzene rings is 1. The summed E-state index contributed by atoms with van der Waals surface area (Å²) in [4.78, 5) is 12.9. The van der Waals surface area contributed by atoms with Gasteiger partial charge in [0.25, 0.3) is 0 Å². The summed E-state index contributed by atoms with van der Waals surface area (Å²) in [7, 11) is 0. The van der Waals surface area contributed by atoms with Crippen molar-refractivity contribution in [1.29, 1.82) is 0 Å². The zero-order chi connectivity index (χ0) is 16.1. The lowest BCUT2D eigenvalue weighted by atomic mass is 10.1. The molecule has 1 atom stereocenters. The normalized spacial score (nSPS) is 11.9. The average Bonchev–Trinajstić information content (AvgIpc) is 3.08. The molecule has 23 heavy (non-hydrogen) atoms. The second kappa shape index (κ2) is 7.17. The topological polar surface area (TPSA) is 88.8 Å². The zero-order valence-electron chi connectivity index (χ0n) is 12.7. The Bertz CT molecular complexity index is 740. The summed E-state index contributed by atoms with van der Waals surface area (Å²) < 4.78 is 0. The van der Waals surface area contributed by atoms with Gasteiger partial charge >= 0.3 is 0 Å². The number of hydrogen-bond donors (Lipinski definition) is 3. The molecule has 7 heteroatoms. The second-order valence-corrected chi connectivity index (χ2v) is 5.92. The molecule has 2 heterocycles. The number of hydrogen-bond acceptors (Lipinski definition) is 7. The lowest BCUT2D eigenvalue weighted by Gasteiger charge is -2.10. The number of nitrogens with zero attached hydrogens (tertiary/aromatic N) is 3. The van der Waals surface area contributed by atoms with Crippen LogP contribution in [0.4, 0.5) is 17.5 Å². The molecular weight excluding hydrogens is 308 g/mol. The van der Waals surface area contributed by atoms with Crippen molar-refractivity contribution in [3.8, 4) is 11.3 Å². The van der Waals surface area contributed by atoms with E-state index in [0.29, 0.717) is 12.5 Å². The summed E-state index contributed by atoms with van der Waals surface area (Å²) in [6, 6.07) is 9.96. The summed E-state index contributed by atoms with van der Waals surface area (Å²) in [6.07, 6.45) is 1.71. The molecule has 0 amide bonds. The molecule has 1 aromatic carbocycles. The lowest BCUT2D eigenvalue weighted by molar-refractivity contribution is 0.773. The van der Waals surface area contributed by atoms with Crippen molar-refractivity contribution in [3.05, 3.63) is 47.4 Å². The maximum atomic E-state index is 5.72.